The summed E-state index contributed by atoms with van der Waals surface area (Å²) in [6.07, 6.45) is 0.702. The molecule has 0 bridgehead atoms. The largest absolute Gasteiger partial charge is 1.00 e. The maximum atomic E-state index is 6.58. The van der Waals surface area contributed by atoms with E-state index >= 15 is 0 Å². The van der Waals surface area contributed by atoms with Gasteiger partial charge in [-0.1, -0.05) is 24.1 Å². The second-order valence-electron chi connectivity index (χ2n) is 2.36. The van der Waals surface area contributed by atoms with E-state index < -0.39 is 0 Å². The van der Waals surface area contributed by atoms with Crippen LogP contribution in [0.1, 0.15) is 5.56 Å². The van der Waals surface area contributed by atoms with Crippen LogP contribution in [0, 0.1) is 13.1 Å². The van der Waals surface area contributed by atoms with Crippen LogP contribution < -0.4 is 23.6 Å². The maximum Gasteiger partial charge on any atom is 1.00 e. The number of methoxy groups -OCH3 is 1. The molecule has 0 N–H and O–H groups in total. The first-order valence-corrected chi connectivity index (χ1v) is 3.68. The van der Waals surface area contributed by atoms with Gasteiger partial charge in [-0.25, -0.2) is 0 Å². The molecule has 62 valence electrons. The third-order valence-electron chi connectivity index (χ3n) is 1.58. The van der Waals surface area contributed by atoms with Gasteiger partial charge in [-0.3, -0.25) is 6.57 Å². The fourth-order valence-electron chi connectivity index (χ4n) is 0.913. The molecule has 0 saturated carbocycles. The van der Waals surface area contributed by atoms with Crippen LogP contribution in [0.5, 0.6) is 5.75 Å². The van der Waals surface area contributed by atoms with Crippen molar-refractivity contribution in [3.05, 3.63) is 47.8 Å². The normalized spacial score (nSPS) is 8.00. The Kier molecular flexibility index (Phi) is 5.98. The molecule has 0 aromatic heterocycles. The summed E-state index contributed by atoms with van der Waals surface area (Å²) >= 11 is 0. The van der Waals surface area contributed by atoms with Gasteiger partial charge in [0.25, 0.3) is 0 Å². The number of hydrogen-bond acceptors (Lipinski definition) is 1. The predicted molar refractivity (Wildman–Crippen MR) is 47.6 cm³/mol. The van der Waals surface area contributed by atoms with E-state index in [1.165, 1.54) is 0 Å². The molecule has 0 unspecified atom stereocenters. The van der Waals surface area contributed by atoms with Gasteiger partial charge in [-0.05, 0) is 18.7 Å². The molecular weight excluding hydrogens is 157 g/mol. The van der Waals surface area contributed by atoms with E-state index in [4.69, 9.17) is 11.3 Å². The molecule has 0 fully saturated rings. The third-order valence-corrected chi connectivity index (χ3v) is 1.58. The topological polar surface area (TPSA) is 13.6 Å². The van der Waals surface area contributed by atoms with Gasteiger partial charge >= 0.3 is 18.9 Å². The van der Waals surface area contributed by atoms with Gasteiger partial charge in [0.1, 0.15) is 5.75 Å². The standard InChI is InChI=1S/C10H10NO.Li/c1-11-8-7-9-3-5-10(12-2)6-4-9;/h3-6,8H,7H2,2H3;/q-1;+1. The van der Waals surface area contributed by atoms with Gasteiger partial charge in [0.2, 0.25) is 0 Å². The monoisotopic (exact) mass is 167 g/mol. The van der Waals surface area contributed by atoms with Crippen molar-refractivity contribution in [3.63, 3.8) is 0 Å². The third kappa shape index (κ3) is 3.94. The molecule has 1 rings (SSSR count). The first-order valence-electron chi connectivity index (χ1n) is 3.68. The molecule has 13 heavy (non-hydrogen) atoms. The van der Waals surface area contributed by atoms with Gasteiger partial charge in [0, 0.05) is 0 Å². The predicted octanol–water partition coefficient (Wildman–Crippen LogP) is -0.677. The van der Waals surface area contributed by atoms with E-state index in [1.807, 2.05) is 24.3 Å². The van der Waals surface area contributed by atoms with Crippen molar-refractivity contribution in [1.82, 2.24) is 0 Å². The Bertz CT molecular complexity index is 276. The van der Waals surface area contributed by atoms with Crippen molar-refractivity contribution < 1.29 is 23.6 Å². The molecule has 0 radical (unpaired) electrons. The van der Waals surface area contributed by atoms with E-state index in [0.717, 1.165) is 11.3 Å². The Balaban J connectivity index is 0.00000144. The summed E-state index contributed by atoms with van der Waals surface area (Å²) in [5.41, 5.74) is 1.13. The van der Waals surface area contributed by atoms with Crippen LogP contribution in [0.2, 0.25) is 0 Å². The smallest absolute Gasteiger partial charge is 0.497 e. The molecule has 3 heteroatoms. The summed E-state index contributed by atoms with van der Waals surface area (Å²) in [4.78, 5) is 3.17. The molecule has 0 atom stereocenters. The van der Waals surface area contributed by atoms with E-state index in [0.29, 0.717) is 6.42 Å². The van der Waals surface area contributed by atoms with Crippen molar-refractivity contribution >= 4 is 0 Å². The van der Waals surface area contributed by atoms with E-state index in [1.54, 1.807) is 13.7 Å². The summed E-state index contributed by atoms with van der Waals surface area (Å²) in [5.74, 6) is 0.849. The number of benzene rings is 1. The molecule has 0 aliphatic heterocycles. The minimum atomic E-state index is 0. The maximum absolute atomic E-state index is 6.58. The van der Waals surface area contributed by atoms with E-state index in [2.05, 4.69) is 4.85 Å². The first kappa shape index (κ1) is 12.0. The fraction of sp³-hybridized carbons (Fsp3) is 0.200. The molecule has 0 spiro atoms. The van der Waals surface area contributed by atoms with Gasteiger partial charge in [-0.15, -0.1) is 0 Å². The van der Waals surface area contributed by atoms with E-state index in [9.17, 15) is 0 Å². The van der Waals surface area contributed by atoms with Crippen LogP contribution in [-0.4, -0.2) is 7.11 Å². The van der Waals surface area contributed by atoms with Crippen LogP contribution in [0.15, 0.2) is 24.3 Å². The second-order valence-corrected chi connectivity index (χ2v) is 2.36. The minimum Gasteiger partial charge on any atom is -0.497 e. The molecular formula is C10H10LiNO. The van der Waals surface area contributed by atoms with Crippen molar-refractivity contribution in [1.29, 1.82) is 0 Å². The Hall–Kier alpha value is -1.02. The molecule has 0 aliphatic rings. The quantitative estimate of drug-likeness (QED) is 0.429. The fourth-order valence-corrected chi connectivity index (χ4v) is 0.913. The Morgan fingerprint density at radius 2 is 2.00 bits per heavy atom. The van der Waals surface area contributed by atoms with Crippen LogP contribution in [0.4, 0.5) is 0 Å². The SMILES string of the molecule is [C-]#[N+][CH-]Cc1ccc(OC)cc1.[Li+]. The molecule has 1 aromatic carbocycles. The van der Waals surface area contributed by atoms with Gasteiger partial charge < -0.3 is 9.58 Å². The molecule has 0 saturated heterocycles. The number of ether oxygens (including phenoxy) is 1. The molecule has 0 aliphatic carbocycles. The summed E-state index contributed by atoms with van der Waals surface area (Å²) in [7, 11) is 1.64. The van der Waals surface area contributed by atoms with Crippen molar-refractivity contribution in [2.75, 3.05) is 7.11 Å². The zero-order valence-corrected chi connectivity index (χ0v) is 7.95. The summed E-state index contributed by atoms with van der Waals surface area (Å²) < 4.78 is 5.00. The van der Waals surface area contributed by atoms with Crippen LogP contribution in [-0.2, 0) is 6.42 Å². The Morgan fingerprint density at radius 3 is 2.46 bits per heavy atom. The van der Waals surface area contributed by atoms with Crippen molar-refractivity contribution in [3.8, 4) is 5.75 Å². The van der Waals surface area contributed by atoms with Crippen molar-refractivity contribution in [2.45, 2.75) is 6.42 Å². The Morgan fingerprint density at radius 1 is 1.38 bits per heavy atom. The first-order chi connectivity index (χ1) is 5.86. The number of hydrogen-bond donors (Lipinski definition) is 0. The Labute approximate surface area is 90.9 Å². The van der Waals surface area contributed by atoms with Crippen LogP contribution in [0.3, 0.4) is 0 Å². The van der Waals surface area contributed by atoms with Gasteiger partial charge in [0.05, 0.1) is 7.11 Å². The molecule has 0 amide bonds. The van der Waals surface area contributed by atoms with Gasteiger partial charge in [0.15, 0.2) is 0 Å². The summed E-state index contributed by atoms with van der Waals surface area (Å²) in [5, 5.41) is 0. The van der Waals surface area contributed by atoms with Crippen LogP contribution >= 0.6 is 0 Å². The summed E-state index contributed by atoms with van der Waals surface area (Å²) in [6.45, 7) is 8.13. The van der Waals surface area contributed by atoms with Gasteiger partial charge in [-0.2, -0.15) is 0 Å². The summed E-state index contributed by atoms with van der Waals surface area (Å²) in [6, 6.07) is 7.71. The number of nitrogens with zero attached hydrogens (tertiary/aromatic N) is 1. The zero-order chi connectivity index (χ0) is 8.81. The second kappa shape index (κ2) is 6.49. The van der Waals surface area contributed by atoms with E-state index in [-0.39, 0.29) is 18.9 Å². The average molecular weight is 167 g/mol. The number of rotatable bonds is 3. The molecule has 0 heterocycles. The zero-order valence-electron chi connectivity index (χ0n) is 7.95. The minimum absolute atomic E-state index is 0. The molecule has 1 aromatic rings. The average Bonchev–Trinajstić information content (AvgIpc) is 2.15. The van der Waals surface area contributed by atoms with Crippen molar-refractivity contribution in [2.24, 2.45) is 0 Å². The van der Waals surface area contributed by atoms with Crippen LogP contribution in [0.25, 0.3) is 4.85 Å². The molecule has 2 nitrogen and oxygen atoms in total.